The van der Waals surface area contributed by atoms with Crippen LogP contribution >= 0.6 is 0 Å². The van der Waals surface area contributed by atoms with Gasteiger partial charge in [0.1, 0.15) is 0 Å². The predicted molar refractivity (Wildman–Crippen MR) is 62.4 cm³/mol. The SMILES string of the molecule is CC(C(=O)O)=C(C)C(=O)NCC1(O)CCCC1. The van der Waals surface area contributed by atoms with Crippen molar-refractivity contribution in [1.82, 2.24) is 5.32 Å². The number of carbonyl (C=O) groups excluding carboxylic acids is 1. The largest absolute Gasteiger partial charge is 0.478 e. The van der Waals surface area contributed by atoms with Crippen molar-refractivity contribution in [3.05, 3.63) is 11.1 Å². The van der Waals surface area contributed by atoms with Gasteiger partial charge in [-0.25, -0.2) is 4.79 Å². The lowest BCUT2D eigenvalue weighted by atomic mass is 10.0. The van der Waals surface area contributed by atoms with E-state index in [1.54, 1.807) is 0 Å². The molecule has 0 atom stereocenters. The number of aliphatic carboxylic acids is 1. The van der Waals surface area contributed by atoms with E-state index in [1.807, 2.05) is 0 Å². The Hall–Kier alpha value is -1.36. The molecule has 5 heteroatoms. The standard InChI is InChI=1S/C12H19NO4/c1-8(9(2)11(15)16)10(14)13-7-12(17)5-3-4-6-12/h17H,3-7H2,1-2H3,(H,13,14)(H,15,16). The zero-order valence-corrected chi connectivity index (χ0v) is 10.2. The van der Waals surface area contributed by atoms with Gasteiger partial charge < -0.3 is 15.5 Å². The molecule has 0 saturated heterocycles. The topological polar surface area (TPSA) is 86.6 Å². The average Bonchev–Trinajstić information content (AvgIpc) is 2.71. The molecule has 0 unspecified atom stereocenters. The van der Waals surface area contributed by atoms with Gasteiger partial charge in [0.05, 0.1) is 5.60 Å². The zero-order valence-electron chi connectivity index (χ0n) is 10.2. The molecule has 17 heavy (non-hydrogen) atoms. The fraction of sp³-hybridized carbons (Fsp3) is 0.667. The molecule has 1 aliphatic rings. The number of carbonyl (C=O) groups is 2. The van der Waals surface area contributed by atoms with E-state index < -0.39 is 17.5 Å². The molecule has 0 heterocycles. The summed E-state index contributed by atoms with van der Waals surface area (Å²) >= 11 is 0. The zero-order chi connectivity index (χ0) is 13.1. The van der Waals surface area contributed by atoms with E-state index in [0.29, 0.717) is 12.8 Å². The van der Waals surface area contributed by atoms with Crippen LogP contribution in [0.2, 0.25) is 0 Å². The second-order valence-electron chi connectivity index (χ2n) is 4.67. The average molecular weight is 241 g/mol. The first-order valence-electron chi connectivity index (χ1n) is 5.77. The number of amides is 1. The molecule has 0 spiro atoms. The summed E-state index contributed by atoms with van der Waals surface area (Å²) in [6.45, 7) is 3.05. The van der Waals surface area contributed by atoms with Crippen LogP contribution < -0.4 is 5.32 Å². The van der Waals surface area contributed by atoms with Gasteiger partial charge in [0.2, 0.25) is 5.91 Å². The lowest BCUT2D eigenvalue weighted by molar-refractivity contribution is -0.133. The molecule has 1 aliphatic carbocycles. The molecule has 1 amide bonds. The van der Waals surface area contributed by atoms with Gasteiger partial charge in [0.25, 0.3) is 0 Å². The summed E-state index contributed by atoms with van der Waals surface area (Å²) in [5, 5.41) is 21.4. The number of hydrogen-bond donors (Lipinski definition) is 3. The summed E-state index contributed by atoms with van der Waals surface area (Å²) in [5.74, 6) is -1.53. The van der Waals surface area contributed by atoms with Gasteiger partial charge in [-0.05, 0) is 26.7 Å². The number of carboxylic acid groups (broad SMARTS) is 1. The fourth-order valence-corrected chi connectivity index (χ4v) is 1.92. The van der Waals surface area contributed by atoms with Gasteiger partial charge >= 0.3 is 5.97 Å². The summed E-state index contributed by atoms with van der Waals surface area (Å²) < 4.78 is 0. The first-order chi connectivity index (χ1) is 7.86. The van der Waals surface area contributed by atoms with Crippen molar-refractivity contribution >= 4 is 11.9 Å². The number of aliphatic hydroxyl groups is 1. The van der Waals surface area contributed by atoms with E-state index >= 15 is 0 Å². The van der Waals surface area contributed by atoms with Crippen molar-refractivity contribution in [2.24, 2.45) is 0 Å². The Labute approximate surface area is 101 Å². The van der Waals surface area contributed by atoms with Crippen molar-refractivity contribution in [3.63, 3.8) is 0 Å². The van der Waals surface area contributed by atoms with Crippen molar-refractivity contribution in [2.45, 2.75) is 45.1 Å². The molecular weight excluding hydrogens is 222 g/mol. The van der Waals surface area contributed by atoms with Gasteiger partial charge in [-0.15, -0.1) is 0 Å². The third-order valence-corrected chi connectivity index (χ3v) is 3.34. The number of rotatable bonds is 4. The summed E-state index contributed by atoms with van der Waals surface area (Å²) in [5.41, 5.74) is -0.604. The maximum atomic E-state index is 11.6. The number of carboxylic acids is 1. The van der Waals surface area contributed by atoms with Gasteiger partial charge in [0.15, 0.2) is 0 Å². The molecule has 0 aromatic carbocycles. The van der Waals surface area contributed by atoms with Gasteiger partial charge in [-0.2, -0.15) is 0 Å². The maximum absolute atomic E-state index is 11.6. The van der Waals surface area contributed by atoms with E-state index in [2.05, 4.69) is 5.32 Å². The van der Waals surface area contributed by atoms with Crippen molar-refractivity contribution in [1.29, 1.82) is 0 Å². The van der Waals surface area contributed by atoms with E-state index in [1.165, 1.54) is 13.8 Å². The summed E-state index contributed by atoms with van der Waals surface area (Å²) in [4.78, 5) is 22.3. The Morgan fingerprint density at radius 3 is 2.18 bits per heavy atom. The van der Waals surface area contributed by atoms with Gasteiger partial charge in [0, 0.05) is 17.7 Å². The molecule has 1 rings (SSSR count). The van der Waals surface area contributed by atoms with Crippen molar-refractivity contribution in [2.75, 3.05) is 6.54 Å². The second kappa shape index (κ2) is 5.31. The Kier molecular flexibility index (Phi) is 4.28. The minimum absolute atomic E-state index is 0.0286. The molecule has 3 N–H and O–H groups in total. The molecule has 0 radical (unpaired) electrons. The van der Waals surface area contributed by atoms with Crippen LogP contribution in [0.15, 0.2) is 11.1 Å². The lowest BCUT2D eigenvalue weighted by Crippen LogP contribution is -2.41. The van der Waals surface area contributed by atoms with Crippen LogP contribution in [-0.4, -0.2) is 34.2 Å². The van der Waals surface area contributed by atoms with Crippen LogP contribution in [0.5, 0.6) is 0 Å². The van der Waals surface area contributed by atoms with Gasteiger partial charge in [-0.3, -0.25) is 4.79 Å². The van der Waals surface area contributed by atoms with Crippen LogP contribution in [0, 0.1) is 0 Å². The smallest absolute Gasteiger partial charge is 0.331 e. The van der Waals surface area contributed by atoms with E-state index in [4.69, 9.17) is 5.11 Å². The molecule has 5 nitrogen and oxygen atoms in total. The predicted octanol–water partition coefficient (Wildman–Crippen LogP) is 0.829. The van der Waals surface area contributed by atoms with E-state index in [0.717, 1.165) is 12.8 Å². The molecular formula is C12H19NO4. The maximum Gasteiger partial charge on any atom is 0.331 e. The molecule has 0 aromatic heterocycles. The third kappa shape index (κ3) is 3.56. The highest BCUT2D eigenvalue weighted by Gasteiger charge is 2.31. The van der Waals surface area contributed by atoms with Crippen LogP contribution in [-0.2, 0) is 9.59 Å². The van der Waals surface area contributed by atoms with Crippen LogP contribution in [0.25, 0.3) is 0 Å². The summed E-state index contributed by atoms with van der Waals surface area (Å²) in [6, 6.07) is 0. The minimum Gasteiger partial charge on any atom is -0.478 e. The van der Waals surface area contributed by atoms with Gasteiger partial charge in [-0.1, -0.05) is 12.8 Å². The quantitative estimate of drug-likeness (QED) is 0.636. The second-order valence-corrected chi connectivity index (χ2v) is 4.67. The van der Waals surface area contributed by atoms with Crippen molar-refractivity contribution < 1.29 is 19.8 Å². The van der Waals surface area contributed by atoms with Crippen LogP contribution in [0.1, 0.15) is 39.5 Å². The van der Waals surface area contributed by atoms with Crippen LogP contribution in [0.4, 0.5) is 0 Å². The Bertz CT molecular complexity index is 354. The highest BCUT2D eigenvalue weighted by Crippen LogP contribution is 2.28. The highest BCUT2D eigenvalue weighted by molar-refractivity contribution is 6.01. The number of hydrogen-bond acceptors (Lipinski definition) is 3. The molecule has 96 valence electrons. The first-order valence-corrected chi connectivity index (χ1v) is 5.77. The Morgan fingerprint density at radius 2 is 1.71 bits per heavy atom. The molecule has 1 fully saturated rings. The number of nitrogens with one attached hydrogen (secondary N) is 1. The van der Waals surface area contributed by atoms with E-state index in [9.17, 15) is 14.7 Å². The fourth-order valence-electron chi connectivity index (χ4n) is 1.92. The molecule has 0 aromatic rings. The minimum atomic E-state index is -1.10. The highest BCUT2D eigenvalue weighted by atomic mass is 16.4. The Morgan fingerprint density at radius 1 is 1.18 bits per heavy atom. The molecule has 0 aliphatic heterocycles. The van der Waals surface area contributed by atoms with E-state index in [-0.39, 0.29) is 17.7 Å². The lowest BCUT2D eigenvalue weighted by Gasteiger charge is -2.22. The molecule has 1 saturated carbocycles. The summed E-state index contributed by atoms with van der Waals surface area (Å²) in [7, 11) is 0. The summed E-state index contributed by atoms with van der Waals surface area (Å²) in [6.07, 6.45) is 3.31. The Balaban J connectivity index is 2.55. The normalized spacial score (nSPS) is 19.7. The van der Waals surface area contributed by atoms with Crippen LogP contribution in [0.3, 0.4) is 0 Å². The third-order valence-electron chi connectivity index (χ3n) is 3.34. The molecule has 0 bridgehead atoms. The van der Waals surface area contributed by atoms with Crippen molar-refractivity contribution in [3.8, 4) is 0 Å². The monoisotopic (exact) mass is 241 g/mol. The first kappa shape index (κ1) is 13.7.